The Hall–Kier alpha value is -3.68. The van der Waals surface area contributed by atoms with Gasteiger partial charge in [0.1, 0.15) is 17.6 Å². The van der Waals surface area contributed by atoms with Crippen molar-refractivity contribution in [1.29, 1.82) is 0 Å². The number of carbonyl (C=O) groups excluding carboxylic acids is 2. The molecule has 2 amide bonds. The minimum absolute atomic E-state index is 0.211. The van der Waals surface area contributed by atoms with Gasteiger partial charge in [-0.1, -0.05) is 17.3 Å². The number of hydrogen-bond acceptors (Lipinski definition) is 6. The zero-order chi connectivity index (χ0) is 20.2. The normalized spacial score (nSPS) is 15.9. The van der Waals surface area contributed by atoms with Crippen LogP contribution in [-0.2, 0) is 4.79 Å². The number of carbonyl (C=O) groups is 2. The summed E-state index contributed by atoms with van der Waals surface area (Å²) in [6, 6.07) is 11.7. The van der Waals surface area contributed by atoms with Crippen molar-refractivity contribution in [3.8, 4) is 11.5 Å². The smallest absolute Gasteiger partial charge is 0.276 e. The molecule has 1 atom stereocenters. The maximum absolute atomic E-state index is 13.0. The highest BCUT2D eigenvalue weighted by Crippen LogP contribution is 2.30. The fraction of sp³-hybridized carbons (Fsp3) is 0.238. The number of pyridine rings is 1. The van der Waals surface area contributed by atoms with Crippen molar-refractivity contribution >= 4 is 17.5 Å². The molecule has 3 heterocycles. The van der Waals surface area contributed by atoms with Crippen LogP contribution < -0.4 is 10.1 Å². The molecule has 0 saturated carbocycles. The Morgan fingerprint density at radius 2 is 2.10 bits per heavy atom. The second-order valence-corrected chi connectivity index (χ2v) is 6.76. The lowest BCUT2D eigenvalue weighted by Crippen LogP contribution is -2.43. The van der Waals surface area contributed by atoms with Crippen molar-refractivity contribution in [2.75, 3.05) is 11.9 Å². The number of para-hydroxylation sites is 2. The van der Waals surface area contributed by atoms with Crippen LogP contribution in [0.15, 0.2) is 59.4 Å². The van der Waals surface area contributed by atoms with Crippen molar-refractivity contribution < 1.29 is 18.8 Å². The summed E-state index contributed by atoms with van der Waals surface area (Å²) >= 11 is 0. The van der Waals surface area contributed by atoms with Gasteiger partial charge in [0.15, 0.2) is 11.4 Å². The Bertz CT molecular complexity index is 1020. The van der Waals surface area contributed by atoms with Gasteiger partial charge in [-0.05, 0) is 44.0 Å². The summed E-state index contributed by atoms with van der Waals surface area (Å²) in [5, 5.41) is 6.67. The third-order valence-corrected chi connectivity index (χ3v) is 4.67. The van der Waals surface area contributed by atoms with Gasteiger partial charge in [-0.3, -0.25) is 14.6 Å². The van der Waals surface area contributed by atoms with E-state index in [4.69, 9.17) is 9.26 Å². The molecule has 1 aliphatic rings. The van der Waals surface area contributed by atoms with Crippen molar-refractivity contribution in [1.82, 2.24) is 15.0 Å². The predicted octanol–water partition coefficient (Wildman–Crippen LogP) is 3.41. The molecule has 1 N–H and O–H groups in total. The van der Waals surface area contributed by atoms with E-state index < -0.39 is 6.04 Å². The van der Waals surface area contributed by atoms with E-state index in [0.717, 1.165) is 6.42 Å². The van der Waals surface area contributed by atoms with Crippen LogP contribution in [0.4, 0.5) is 5.69 Å². The van der Waals surface area contributed by atoms with Crippen LogP contribution in [0, 0.1) is 6.92 Å². The summed E-state index contributed by atoms with van der Waals surface area (Å²) in [7, 11) is 0. The van der Waals surface area contributed by atoms with Gasteiger partial charge < -0.3 is 19.5 Å². The highest BCUT2D eigenvalue weighted by molar-refractivity contribution is 6.01. The Balaban J connectivity index is 1.50. The van der Waals surface area contributed by atoms with Gasteiger partial charge >= 0.3 is 0 Å². The summed E-state index contributed by atoms with van der Waals surface area (Å²) in [6.45, 7) is 2.22. The van der Waals surface area contributed by atoms with E-state index in [1.54, 1.807) is 55.7 Å². The van der Waals surface area contributed by atoms with Gasteiger partial charge in [0.05, 0.1) is 11.9 Å². The largest absolute Gasteiger partial charge is 0.454 e. The first kappa shape index (κ1) is 18.7. The lowest BCUT2D eigenvalue weighted by molar-refractivity contribution is -0.119. The molecule has 4 rings (SSSR count). The summed E-state index contributed by atoms with van der Waals surface area (Å²) < 4.78 is 10.8. The fourth-order valence-corrected chi connectivity index (χ4v) is 3.31. The number of nitrogens with zero attached hydrogens (tertiary/aromatic N) is 3. The molecule has 8 nitrogen and oxygen atoms in total. The molecule has 1 aromatic carbocycles. The van der Waals surface area contributed by atoms with Gasteiger partial charge in [0, 0.05) is 18.8 Å². The van der Waals surface area contributed by atoms with Crippen LogP contribution in [0.25, 0.3) is 0 Å². The zero-order valence-electron chi connectivity index (χ0n) is 15.9. The van der Waals surface area contributed by atoms with E-state index in [0.29, 0.717) is 35.9 Å². The second-order valence-electron chi connectivity index (χ2n) is 6.76. The third kappa shape index (κ3) is 4.11. The van der Waals surface area contributed by atoms with E-state index in [1.165, 1.54) is 4.90 Å². The van der Waals surface area contributed by atoms with Crippen LogP contribution in [0.2, 0.25) is 0 Å². The van der Waals surface area contributed by atoms with Crippen LogP contribution in [0.5, 0.6) is 11.5 Å². The Morgan fingerprint density at radius 3 is 2.86 bits per heavy atom. The van der Waals surface area contributed by atoms with E-state index in [1.807, 2.05) is 6.07 Å². The lowest BCUT2D eigenvalue weighted by atomic mass is 10.2. The molecule has 29 heavy (non-hydrogen) atoms. The molecule has 0 radical (unpaired) electrons. The standard InChI is InChI=1S/C21H20N4O4/c1-14-12-17(24-29-14)21(27)25-11-5-8-18(25)20(26)23-16-7-2-3-9-19(16)28-15-6-4-10-22-13-15/h2-4,6-7,9-10,12-13,18H,5,8,11H2,1H3,(H,23,26). The van der Waals surface area contributed by atoms with Crippen LogP contribution in [-0.4, -0.2) is 39.4 Å². The fourth-order valence-electron chi connectivity index (χ4n) is 3.31. The Labute approximate surface area is 167 Å². The Kier molecular flexibility index (Phi) is 5.24. The molecule has 0 spiro atoms. The van der Waals surface area contributed by atoms with Crippen molar-refractivity contribution in [2.45, 2.75) is 25.8 Å². The van der Waals surface area contributed by atoms with Crippen molar-refractivity contribution in [3.63, 3.8) is 0 Å². The number of anilines is 1. The molecular weight excluding hydrogens is 372 g/mol. The van der Waals surface area contributed by atoms with Crippen molar-refractivity contribution in [2.24, 2.45) is 0 Å². The molecule has 1 aliphatic heterocycles. The second kappa shape index (κ2) is 8.14. The molecule has 1 saturated heterocycles. The molecule has 3 aromatic rings. The SMILES string of the molecule is Cc1cc(C(=O)N2CCCC2C(=O)Nc2ccccc2Oc2cccnc2)no1. The monoisotopic (exact) mass is 392 g/mol. The number of ether oxygens (including phenoxy) is 1. The topological polar surface area (TPSA) is 97.6 Å². The van der Waals surface area contributed by atoms with Gasteiger partial charge in [-0.2, -0.15) is 0 Å². The average Bonchev–Trinajstić information content (AvgIpc) is 3.39. The van der Waals surface area contributed by atoms with E-state index in [-0.39, 0.29) is 17.5 Å². The van der Waals surface area contributed by atoms with E-state index in [2.05, 4.69) is 15.5 Å². The number of likely N-dealkylation sites (tertiary alicyclic amines) is 1. The number of aromatic nitrogens is 2. The average molecular weight is 392 g/mol. The van der Waals surface area contributed by atoms with Crippen LogP contribution >= 0.6 is 0 Å². The molecule has 1 unspecified atom stereocenters. The highest BCUT2D eigenvalue weighted by Gasteiger charge is 2.36. The van der Waals surface area contributed by atoms with Crippen molar-refractivity contribution in [3.05, 3.63) is 66.3 Å². The maximum Gasteiger partial charge on any atom is 0.276 e. The minimum atomic E-state index is -0.578. The van der Waals surface area contributed by atoms with Crippen LogP contribution in [0.3, 0.4) is 0 Å². The maximum atomic E-state index is 13.0. The van der Waals surface area contributed by atoms with Gasteiger partial charge in [0.2, 0.25) is 5.91 Å². The summed E-state index contributed by atoms with van der Waals surface area (Å²) in [4.78, 5) is 31.2. The minimum Gasteiger partial charge on any atom is -0.454 e. The molecule has 8 heteroatoms. The number of benzene rings is 1. The molecule has 2 aromatic heterocycles. The van der Waals surface area contributed by atoms with E-state index >= 15 is 0 Å². The lowest BCUT2D eigenvalue weighted by Gasteiger charge is -2.23. The predicted molar refractivity (Wildman–Crippen MR) is 105 cm³/mol. The first-order valence-corrected chi connectivity index (χ1v) is 9.34. The first-order chi connectivity index (χ1) is 14.1. The van der Waals surface area contributed by atoms with Gasteiger partial charge in [-0.25, -0.2) is 0 Å². The molecular formula is C21H20N4O4. The zero-order valence-corrected chi connectivity index (χ0v) is 15.9. The molecule has 0 bridgehead atoms. The quantitative estimate of drug-likeness (QED) is 0.715. The number of rotatable bonds is 5. The van der Waals surface area contributed by atoms with Crippen LogP contribution in [0.1, 0.15) is 29.1 Å². The number of aryl methyl sites for hydroxylation is 1. The first-order valence-electron chi connectivity index (χ1n) is 9.34. The highest BCUT2D eigenvalue weighted by atomic mass is 16.5. The molecule has 0 aliphatic carbocycles. The Morgan fingerprint density at radius 1 is 1.24 bits per heavy atom. The summed E-state index contributed by atoms with van der Waals surface area (Å²) in [5.41, 5.74) is 0.737. The number of amides is 2. The molecule has 1 fully saturated rings. The number of hydrogen-bond donors (Lipinski definition) is 1. The summed E-state index contributed by atoms with van der Waals surface area (Å²) in [5.74, 6) is 1.04. The number of nitrogens with one attached hydrogen (secondary N) is 1. The van der Waals surface area contributed by atoms with E-state index in [9.17, 15) is 9.59 Å². The molecule has 148 valence electrons. The third-order valence-electron chi connectivity index (χ3n) is 4.67. The van der Waals surface area contributed by atoms with Gasteiger partial charge in [-0.15, -0.1) is 0 Å². The summed E-state index contributed by atoms with van der Waals surface area (Å²) in [6.07, 6.45) is 4.58. The van der Waals surface area contributed by atoms with Gasteiger partial charge in [0.25, 0.3) is 5.91 Å².